The molecule has 0 saturated heterocycles. The lowest BCUT2D eigenvalue weighted by Gasteiger charge is -2.32. The average Bonchev–Trinajstić information content (AvgIpc) is 3.01. The number of rotatable bonds is 2. The number of nitrogens with one attached hydrogen (secondary N) is 1. The summed E-state index contributed by atoms with van der Waals surface area (Å²) in [6.45, 7) is 1.80. The van der Waals surface area contributed by atoms with E-state index in [1.165, 1.54) is 0 Å². The Bertz CT molecular complexity index is 1170. The molecule has 0 radical (unpaired) electrons. The van der Waals surface area contributed by atoms with Gasteiger partial charge in [0.1, 0.15) is 5.82 Å². The Hall–Kier alpha value is -2.39. The van der Waals surface area contributed by atoms with Crippen molar-refractivity contribution in [2.24, 2.45) is 0 Å². The third kappa shape index (κ3) is 2.89. The van der Waals surface area contributed by atoms with E-state index in [4.69, 9.17) is 0 Å². The SMILES string of the molecule is C[C@@H]1c2[nH]c3ccccc3c2CCN1S(=O)(=O)c1ccc(F)c(C(F)(F)F)c1. The van der Waals surface area contributed by atoms with Gasteiger partial charge in [-0.3, -0.25) is 0 Å². The first-order valence-electron chi connectivity index (χ1n) is 8.59. The van der Waals surface area contributed by atoms with Gasteiger partial charge in [-0.25, -0.2) is 12.8 Å². The second kappa shape index (κ2) is 6.31. The number of H-pyrrole nitrogens is 1. The molecule has 1 N–H and O–H groups in total. The fraction of sp³-hybridized carbons (Fsp3) is 0.263. The Morgan fingerprint density at radius 2 is 1.86 bits per heavy atom. The second-order valence-corrected chi connectivity index (χ2v) is 8.63. The lowest BCUT2D eigenvalue weighted by atomic mass is 10.0. The predicted octanol–water partition coefficient (Wildman–Crippen LogP) is 4.63. The normalized spacial score (nSPS) is 18.4. The number of aromatic amines is 1. The summed E-state index contributed by atoms with van der Waals surface area (Å²) in [5, 5.41) is 1.00. The van der Waals surface area contributed by atoms with Crippen molar-refractivity contribution in [3.05, 3.63) is 65.1 Å². The van der Waals surface area contributed by atoms with Crippen LogP contribution in [0.2, 0.25) is 0 Å². The first-order valence-corrected chi connectivity index (χ1v) is 10.0. The van der Waals surface area contributed by atoms with Gasteiger partial charge in [-0.15, -0.1) is 0 Å². The van der Waals surface area contributed by atoms with Crippen molar-refractivity contribution in [1.82, 2.24) is 9.29 Å². The molecule has 28 heavy (non-hydrogen) atoms. The van der Waals surface area contributed by atoms with Crippen molar-refractivity contribution in [3.63, 3.8) is 0 Å². The maximum atomic E-state index is 13.6. The third-order valence-corrected chi connectivity index (χ3v) is 7.09. The van der Waals surface area contributed by atoms with E-state index in [-0.39, 0.29) is 6.54 Å². The van der Waals surface area contributed by atoms with Gasteiger partial charge in [0.2, 0.25) is 10.0 Å². The number of para-hydroxylation sites is 1. The maximum absolute atomic E-state index is 13.6. The Balaban J connectivity index is 1.77. The van der Waals surface area contributed by atoms with Crippen LogP contribution in [-0.4, -0.2) is 24.3 Å². The molecule has 1 atom stereocenters. The molecule has 0 bridgehead atoms. The van der Waals surface area contributed by atoms with Crippen LogP contribution in [0.15, 0.2) is 47.4 Å². The van der Waals surface area contributed by atoms with Gasteiger partial charge in [0.25, 0.3) is 0 Å². The minimum Gasteiger partial charge on any atom is -0.357 e. The van der Waals surface area contributed by atoms with Crippen LogP contribution in [0.1, 0.15) is 29.8 Å². The molecule has 0 fully saturated rings. The molecule has 0 spiro atoms. The van der Waals surface area contributed by atoms with Crippen LogP contribution in [0.25, 0.3) is 10.9 Å². The molecule has 4 rings (SSSR count). The summed E-state index contributed by atoms with van der Waals surface area (Å²) in [6, 6.07) is 8.75. The number of benzene rings is 2. The largest absolute Gasteiger partial charge is 0.419 e. The van der Waals surface area contributed by atoms with Gasteiger partial charge in [-0.2, -0.15) is 17.5 Å². The summed E-state index contributed by atoms with van der Waals surface area (Å²) in [4.78, 5) is 2.64. The summed E-state index contributed by atoms with van der Waals surface area (Å²) in [5.74, 6) is -1.50. The predicted molar refractivity (Wildman–Crippen MR) is 95.7 cm³/mol. The van der Waals surface area contributed by atoms with Crippen molar-refractivity contribution in [2.45, 2.75) is 30.5 Å². The van der Waals surface area contributed by atoms with E-state index in [0.717, 1.165) is 26.8 Å². The van der Waals surface area contributed by atoms with Gasteiger partial charge in [-0.1, -0.05) is 18.2 Å². The van der Waals surface area contributed by atoms with Crippen LogP contribution in [-0.2, 0) is 22.6 Å². The topological polar surface area (TPSA) is 53.2 Å². The van der Waals surface area contributed by atoms with Gasteiger partial charge in [0.15, 0.2) is 0 Å². The van der Waals surface area contributed by atoms with E-state index in [9.17, 15) is 26.0 Å². The van der Waals surface area contributed by atoms with Crippen molar-refractivity contribution in [1.29, 1.82) is 0 Å². The standard InChI is InChI=1S/C19H16F4N2O2S/c1-11-18-14(13-4-2-3-5-17(13)24-18)8-9-25(11)28(26,27)12-6-7-16(20)15(10-12)19(21,22)23/h2-7,10-11,24H,8-9H2,1H3/t11-/m1/s1. The van der Waals surface area contributed by atoms with Gasteiger partial charge >= 0.3 is 6.18 Å². The number of halogens is 4. The first-order chi connectivity index (χ1) is 13.1. The summed E-state index contributed by atoms with van der Waals surface area (Å²) in [6.07, 6.45) is -4.55. The minimum absolute atomic E-state index is 0.122. The Labute approximate surface area is 158 Å². The fourth-order valence-electron chi connectivity index (χ4n) is 3.75. The lowest BCUT2D eigenvalue weighted by Crippen LogP contribution is -2.38. The lowest BCUT2D eigenvalue weighted by molar-refractivity contribution is -0.140. The quantitative estimate of drug-likeness (QED) is 0.624. The van der Waals surface area contributed by atoms with Crippen molar-refractivity contribution in [2.75, 3.05) is 6.54 Å². The zero-order chi connectivity index (χ0) is 20.3. The molecule has 1 aliphatic heterocycles. The first kappa shape index (κ1) is 18.9. The van der Waals surface area contributed by atoms with Crippen LogP contribution in [0.3, 0.4) is 0 Å². The highest BCUT2D eigenvalue weighted by Crippen LogP contribution is 2.38. The molecule has 9 heteroatoms. The molecule has 2 heterocycles. The third-order valence-electron chi connectivity index (χ3n) is 5.13. The van der Waals surface area contributed by atoms with Crippen LogP contribution in [0, 0.1) is 5.82 Å². The van der Waals surface area contributed by atoms with Gasteiger partial charge in [0, 0.05) is 23.1 Å². The number of hydrogen-bond acceptors (Lipinski definition) is 2. The van der Waals surface area contributed by atoms with Crippen LogP contribution >= 0.6 is 0 Å². The fourth-order valence-corrected chi connectivity index (χ4v) is 5.38. The highest BCUT2D eigenvalue weighted by molar-refractivity contribution is 7.89. The van der Waals surface area contributed by atoms with E-state index in [2.05, 4.69) is 4.98 Å². The Morgan fingerprint density at radius 1 is 1.14 bits per heavy atom. The molecule has 1 aromatic heterocycles. The zero-order valence-electron chi connectivity index (χ0n) is 14.7. The summed E-state index contributed by atoms with van der Waals surface area (Å²) >= 11 is 0. The summed E-state index contributed by atoms with van der Waals surface area (Å²) in [5.41, 5.74) is 1.00. The van der Waals surface area contributed by atoms with Gasteiger partial charge < -0.3 is 4.98 Å². The monoisotopic (exact) mass is 412 g/mol. The number of sulfonamides is 1. The molecule has 0 saturated carbocycles. The summed E-state index contributed by atoms with van der Waals surface area (Å²) in [7, 11) is -4.24. The highest BCUT2D eigenvalue weighted by atomic mass is 32.2. The van der Waals surface area contributed by atoms with Crippen LogP contribution < -0.4 is 0 Å². The number of fused-ring (bicyclic) bond motifs is 3. The van der Waals surface area contributed by atoms with E-state index in [1.54, 1.807) is 6.92 Å². The Kier molecular flexibility index (Phi) is 4.27. The molecular weight excluding hydrogens is 396 g/mol. The van der Waals surface area contributed by atoms with Gasteiger partial charge in [0.05, 0.1) is 16.5 Å². The minimum atomic E-state index is -4.98. The van der Waals surface area contributed by atoms with E-state index in [0.29, 0.717) is 24.2 Å². The molecule has 0 amide bonds. The molecule has 0 aliphatic carbocycles. The molecule has 2 aromatic carbocycles. The molecule has 3 aromatic rings. The molecular formula is C19H16F4N2O2S. The van der Waals surface area contributed by atoms with Crippen molar-refractivity contribution >= 4 is 20.9 Å². The number of aromatic nitrogens is 1. The summed E-state index contributed by atoms with van der Waals surface area (Å²) < 4.78 is 79.8. The van der Waals surface area contributed by atoms with Crippen LogP contribution in [0.5, 0.6) is 0 Å². The van der Waals surface area contributed by atoms with Crippen LogP contribution in [0.4, 0.5) is 17.6 Å². The molecule has 0 unspecified atom stereocenters. The second-order valence-electron chi connectivity index (χ2n) is 6.74. The van der Waals surface area contributed by atoms with E-state index in [1.807, 2.05) is 24.3 Å². The molecule has 4 nitrogen and oxygen atoms in total. The molecule has 148 valence electrons. The smallest absolute Gasteiger partial charge is 0.357 e. The average molecular weight is 412 g/mol. The maximum Gasteiger partial charge on any atom is 0.419 e. The van der Waals surface area contributed by atoms with Crippen molar-refractivity contribution in [3.8, 4) is 0 Å². The van der Waals surface area contributed by atoms with Crippen molar-refractivity contribution < 1.29 is 26.0 Å². The number of alkyl halides is 3. The zero-order valence-corrected chi connectivity index (χ0v) is 15.5. The van der Waals surface area contributed by atoms with Gasteiger partial charge in [-0.05, 0) is 43.2 Å². The van der Waals surface area contributed by atoms with E-state index >= 15 is 0 Å². The number of nitrogens with zero attached hydrogens (tertiary/aromatic N) is 1. The molecule has 1 aliphatic rings. The van der Waals surface area contributed by atoms with E-state index < -0.39 is 38.5 Å². The Morgan fingerprint density at radius 3 is 2.57 bits per heavy atom. The highest BCUT2D eigenvalue weighted by Gasteiger charge is 2.39. The number of hydrogen-bond donors (Lipinski definition) is 1.